The maximum Gasteiger partial charge on any atom is 0.407 e. The van der Waals surface area contributed by atoms with Crippen LogP contribution >= 0.6 is 0 Å². The molecule has 0 spiro atoms. The molecule has 0 unspecified atom stereocenters. The number of carbonyl (C=O) groups excluding carboxylic acids is 1. The van der Waals surface area contributed by atoms with Crippen LogP contribution in [0.25, 0.3) is 0 Å². The highest BCUT2D eigenvalue weighted by molar-refractivity contribution is 5.68. The van der Waals surface area contributed by atoms with Crippen LogP contribution in [0.2, 0.25) is 0 Å². The van der Waals surface area contributed by atoms with Gasteiger partial charge in [0, 0.05) is 6.42 Å². The maximum absolute atomic E-state index is 11.4. The van der Waals surface area contributed by atoms with Crippen molar-refractivity contribution in [3.8, 4) is 0 Å². The number of aliphatic carboxylic acids is 1. The van der Waals surface area contributed by atoms with Crippen molar-refractivity contribution in [3.63, 3.8) is 0 Å². The van der Waals surface area contributed by atoms with E-state index in [-0.39, 0.29) is 12.8 Å². The molecule has 0 rings (SSSR count). The fraction of sp³-hybridized carbons (Fsp3) is 0.818. The molecule has 0 aromatic carbocycles. The van der Waals surface area contributed by atoms with Gasteiger partial charge in [-0.25, -0.2) is 4.79 Å². The molecule has 0 aromatic heterocycles. The summed E-state index contributed by atoms with van der Waals surface area (Å²) in [5.41, 5.74) is -0.601. The van der Waals surface area contributed by atoms with Crippen molar-refractivity contribution in [3.05, 3.63) is 0 Å². The van der Waals surface area contributed by atoms with Crippen molar-refractivity contribution >= 4 is 12.1 Å². The summed E-state index contributed by atoms with van der Waals surface area (Å²) >= 11 is 0. The van der Waals surface area contributed by atoms with E-state index in [0.717, 1.165) is 0 Å². The van der Waals surface area contributed by atoms with Crippen LogP contribution in [0.3, 0.4) is 0 Å². The number of rotatable bonds is 5. The fourth-order valence-electron chi connectivity index (χ4n) is 1.11. The summed E-state index contributed by atoms with van der Waals surface area (Å²) in [4.78, 5) is 21.7. The van der Waals surface area contributed by atoms with Crippen molar-refractivity contribution in [2.45, 2.75) is 58.3 Å². The average Bonchev–Trinajstić information content (AvgIpc) is 2.10. The molecule has 1 amide bonds. The molecule has 0 aliphatic rings. The molecule has 0 heterocycles. The van der Waals surface area contributed by atoms with E-state index in [1.807, 2.05) is 0 Å². The molecule has 6 heteroatoms. The molecule has 0 aromatic rings. The van der Waals surface area contributed by atoms with Gasteiger partial charge in [-0.05, 0) is 34.1 Å². The Morgan fingerprint density at radius 2 is 1.88 bits per heavy atom. The summed E-state index contributed by atoms with van der Waals surface area (Å²) < 4.78 is 5.01. The Balaban J connectivity index is 4.03. The predicted octanol–water partition coefficient (Wildman–Crippen LogP) is 1.13. The average molecular weight is 247 g/mol. The Morgan fingerprint density at radius 3 is 2.29 bits per heavy atom. The molecule has 100 valence electrons. The van der Waals surface area contributed by atoms with E-state index < -0.39 is 29.8 Å². The lowest BCUT2D eigenvalue weighted by Gasteiger charge is -2.24. The minimum atomic E-state index is -0.978. The predicted molar refractivity (Wildman–Crippen MR) is 61.7 cm³/mol. The van der Waals surface area contributed by atoms with Gasteiger partial charge in [0.15, 0.2) is 0 Å². The van der Waals surface area contributed by atoms with Crippen LogP contribution in [0.4, 0.5) is 4.79 Å². The number of amides is 1. The van der Waals surface area contributed by atoms with E-state index in [1.54, 1.807) is 27.7 Å². The van der Waals surface area contributed by atoms with Gasteiger partial charge < -0.3 is 20.3 Å². The number of carboxylic acid groups (broad SMARTS) is 1. The van der Waals surface area contributed by atoms with Gasteiger partial charge in [-0.2, -0.15) is 0 Å². The van der Waals surface area contributed by atoms with Gasteiger partial charge in [-0.3, -0.25) is 4.79 Å². The van der Waals surface area contributed by atoms with Crippen LogP contribution in [0.15, 0.2) is 0 Å². The Labute approximate surface area is 101 Å². The van der Waals surface area contributed by atoms with E-state index >= 15 is 0 Å². The molecule has 0 fully saturated rings. The van der Waals surface area contributed by atoms with E-state index in [0.29, 0.717) is 0 Å². The third-order valence-corrected chi connectivity index (χ3v) is 1.98. The van der Waals surface area contributed by atoms with E-state index in [9.17, 15) is 14.7 Å². The lowest BCUT2D eigenvalue weighted by molar-refractivity contribution is -0.137. The Hall–Kier alpha value is -1.30. The molecule has 0 radical (unpaired) electrons. The quantitative estimate of drug-likeness (QED) is 0.676. The van der Waals surface area contributed by atoms with Gasteiger partial charge in [0.05, 0.1) is 12.1 Å². The Morgan fingerprint density at radius 1 is 1.35 bits per heavy atom. The van der Waals surface area contributed by atoms with Gasteiger partial charge in [-0.1, -0.05) is 0 Å². The second-order valence-electron chi connectivity index (χ2n) is 4.93. The number of aliphatic hydroxyl groups excluding tert-OH is 1. The summed E-state index contributed by atoms with van der Waals surface area (Å²) in [6.07, 6.45) is -1.58. The van der Waals surface area contributed by atoms with Crippen molar-refractivity contribution in [1.29, 1.82) is 0 Å². The van der Waals surface area contributed by atoms with Crippen LogP contribution in [-0.4, -0.2) is 40.0 Å². The molecule has 6 nitrogen and oxygen atoms in total. The number of aliphatic hydroxyl groups is 1. The van der Waals surface area contributed by atoms with Crippen molar-refractivity contribution < 1.29 is 24.5 Å². The number of ether oxygens (including phenoxy) is 1. The smallest absolute Gasteiger partial charge is 0.407 e. The van der Waals surface area contributed by atoms with Gasteiger partial charge in [0.1, 0.15) is 5.60 Å². The molecule has 0 saturated heterocycles. The molecule has 0 aliphatic carbocycles. The first kappa shape index (κ1) is 15.7. The number of nitrogens with one attached hydrogen (secondary N) is 1. The van der Waals surface area contributed by atoms with Crippen LogP contribution in [0.1, 0.15) is 40.5 Å². The summed E-state index contributed by atoms with van der Waals surface area (Å²) in [6.45, 7) is 6.80. The lowest BCUT2D eigenvalue weighted by Crippen LogP contribution is -2.43. The largest absolute Gasteiger partial charge is 0.481 e. The zero-order valence-electron chi connectivity index (χ0n) is 10.7. The van der Waals surface area contributed by atoms with Crippen molar-refractivity contribution in [2.75, 3.05) is 0 Å². The van der Waals surface area contributed by atoms with Gasteiger partial charge in [0.2, 0.25) is 0 Å². The second kappa shape index (κ2) is 6.44. The van der Waals surface area contributed by atoms with E-state index in [4.69, 9.17) is 9.84 Å². The Bertz CT molecular complexity index is 272. The van der Waals surface area contributed by atoms with E-state index in [1.165, 1.54) is 0 Å². The highest BCUT2D eigenvalue weighted by Crippen LogP contribution is 2.08. The van der Waals surface area contributed by atoms with E-state index in [2.05, 4.69) is 5.32 Å². The molecule has 2 atom stereocenters. The summed E-state index contributed by atoms with van der Waals surface area (Å²) in [5, 5.41) is 20.5. The molecule has 3 N–H and O–H groups in total. The van der Waals surface area contributed by atoms with Crippen molar-refractivity contribution in [1.82, 2.24) is 5.32 Å². The highest BCUT2D eigenvalue weighted by Gasteiger charge is 2.21. The highest BCUT2D eigenvalue weighted by atomic mass is 16.6. The number of carboxylic acids is 1. The van der Waals surface area contributed by atoms with Gasteiger partial charge in [-0.15, -0.1) is 0 Å². The van der Waals surface area contributed by atoms with Gasteiger partial charge >= 0.3 is 12.1 Å². The summed E-state index contributed by atoms with van der Waals surface area (Å²) in [6, 6.07) is -0.552. The number of carbonyl (C=O) groups is 2. The fourth-order valence-corrected chi connectivity index (χ4v) is 1.11. The molecule has 0 bridgehead atoms. The maximum atomic E-state index is 11.4. The second-order valence-corrected chi connectivity index (χ2v) is 4.93. The number of hydrogen-bond donors (Lipinski definition) is 3. The standard InChI is InChI=1S/C11H21NO5/c1-7(8(13)5-6-9(14)15)12-10(16)17-11(2,3)4/h7-8,13H,5-6H2,1-4H3,(H,12,16)(H,14,15)/t7-,8-/m1/s1. The molecule has 0 aliphatic heterocycles. The first-order valence-corrected chi connectivity index (χ1v) is 5.51. The molecular formula is C11H21NO5. The topological polar surface area (TPSA) is 95.9 Å². The normalized spacial score (nSPS) is 14.9. The van der Waals surface area contributed by atoms with Crippen LogP contribution < -0.4 is 5.32 Å². The minimum absolute atomic E-state index is 0.0896. The lowest BCUT2D eigenvalue weighted by atomic mass is 10.1. The summed E-state index contributed by atoms with van der Waals surface area (Å²) in [7, 11) is 0. The molecule has 0 saturated carbocycles. The summed E-state index contributed by atoms with van der Waals surface area (Å²) in [5.74, 6) is -0.978. The van der Waals surface area contributed by atoms with Crippen LogP contribution in [0, 0.1) is 0 Å². The van der Waals surface area contributed by atoms with Crippen LogP contribution in [-0.2, 0) is 9.53 Å². The number of alkyl carbamates (subject to hydrolysis) is 1. The monoisotopic (exact) mass is 247 g/mol. The zero-order chi connectivity index (χ0) is 13.6. The number of hydrogen-bond acceptors (Lipinski definition) is 4. The Kier molecular flexibility index (Phi) is 5.95. The first-order valence-electron chi connectivity index (χ1n) is 5.51. The third-order valence-electron chi connectivity index (χ3n) is 1.98. The molecular weight excluding hydrogens is 226 g/mol. The third kappa shape index (κ3) is 8.50. The zero-order valence-corrected chi connectivity index (χ0v) is 10.7. The van der Waals surface area contributed by atoms with Crippen LogP contribution in [0.5, 0.6) is 0 Å². The first-order chi connectivity index (χ1) is 7.61. The minimum Gasteiger partial charge on any atom is -0.481 e. The molecule has 17 heavy (non-hydrogen) atoms. The SMILES string of the molecule is C[C@@H](NC(=O)OC(C)(C)C)[C@H](O)CCC(=O)O. The van der Waals surface area contributed by atoms with Gasteiger partial charge in [0.25, 0.3) is 0 Å². The van der Waals surface area contributed by atoms with Crippen molar-refractivity contribution in [2.24, 2.45) is 0 Å².